The van der Waals surface area contributed by atoms with Gasteiger partial charge in [0.1, 0.15) is 0 Å². The maximum Gasteiger partial charge on any atom is 0.345 e. The number of fused-ring (bicyclic) bond motifs is 1. The number of benzene rings is 1. The summed E-state index contributed by atoms with van der Waals surface area (Å²) in [5.41, 5.74) is 2.25. The van der Waals surface area contributed by atoms with Gasteiger partial charge in [-0.3, -0.25) is 4.57 Å². The van der Waals surface area contributed by atoms with Crippen molar-refractivity contribution >= 4 is 6.03 Å². The van der Waals surface area contributed by atoms with Crippen LogP contribution in [0.5, 0.6) is 0 Å². The Bertz CT molecular complexity index is 806. The Morgan fingerprint density at radius 1 is 1.29 bits per heavy atom. The molecule has 0 saturated carbocycles. The Kier molecular flexibility index (Phi) is 4.42. The van der Waals surface area contributed by atoms with E-state index in [1.165, 1.54) is 10.2 Å². The first-order valence-corrected chi connectivity index (χ1v) is 8.20. The molecule has 2 amide bonds. The van der Waals surface area contributed by atoms with E-state index in [4.69, 9.17) is 0 Å². The van der Waals surface area contributed by atoms with Crippen molar-refractivity contribution in [1.29, 1.82) is 0 Å². The van der Waals surface area contributed by atoms with Gasteiger partial charge >= 0.3 is 11.7 Å². The molecule has 0 aliphatic carbocycles. The van der Waals surface area contributed by atoms with Crippen LogP contribution in [0.4, 0.5) is 4.79 Å². The zero-order valence-electron chi connectivity index (χ0n) is 14.3. The fourth-order valence-electron chi connectivity index (χ4n) is 3.08. The van der Waals surface area contributed by atoms with E-state index in [0.717, 1.165) is 5.56 Å². The molecule has 1 aromatic heterocycles. The van der Waals surface area contributed by atoms with Gasteiger partial charge in [0.2, 0.25) is 0 Å². The van der Waals surface area contributed by atoms with Gasteiger partial charge in [0.15, 0.2) is 5.82 Å². The summed E-state index contributed by atoms with van der Waals surface area (Å²) in [5.74, 6) is 1.04. The van der Waals surface area contributed by atoms with Crippen molar-refractivity contribution in [2.24, 2.45) is 7.05 Å². The smallest absolute Gasteiger partial charge is 0.334 e. The second-order valence-electron chi connectivity index (χ2n) is 6.41. The summed E-state index contributed by atoms with van der Waals surface area (Å²) in [6.45, 7) is 6.14. The molecule has 24 heavy (non-hydrogen) atoms. The van der Waals surface area contributed by atoms with E-state index >= 15 is 0 Å². The summed E-state index contributed by atoms with van der Waals surface area (Å²) in [6, 6.07) is 8.02. The highest BCUT2D eigenvalue weighted by Crippen LogP contribution is 2.19. The van der Waals surface area contributed by atoms with Crippen LogP contribution in [0.1, 0.15) is 36.7 Å². The first kappa shape index (κ1) is 16.3. The summed E-state index contributed by atoms with van der Waals surface area (Å²) in [4.78, 5) is 26.0. The molecule has 7 heteroatoms. The molecular weight excluding hydrogens is 306 g/mol. The molecule has 0 saturated heterocycles. The molecule has 1 aliphatic heterocycles. The molecule has 1 N–H and O–H groups in total. The lowest BCUT2D eigenvalue weighted by Gasteiger charge is -2.27. The zero-order chi connectivity index (χ0) is 17.3. The standard InChI is InChI=1S/C17H23N5O2/c1-12(2)14-7-5-4-6-13(14)10-18-16(23)21-8-9-22-15(11-21)19-20(3)17(22)24/h4-7,12H,8-11H2,1-3H3,(H,18,23). The fraction of sp³-hybridized carbons (Fsp3) is 0.471. The minimum Gasteiger partial charge on any atom is -0.334 e. The number of hydrogen-bond donors (Lipinski definition) is 1. The number of aromatic nitrogens is 3. The second-order valence-corrected chi connectivity index (χ2v) is 6.41. The maximum atomic E-state index is 12.4. The van der Waals surface area contributed by atoms with Gasteiger partial charge in [-0.15, -0.1) is 0 Å². The molecule has 1 aromatic carbocycles. The van der Waals surface area contributed by atoms with Crippen LogP contribution in [-0.4, -0.2) is 31.8 Å². The molecule has 0 radical (unpaired) electrons. The maximum absolute atomic E-state index is 12.4. The zero-order valence-corrected chi connectivity index (χ0v) is 14.3. The summed E-state index contributed by atoms with van der Waals surface area (Å²) in [5, 5.41) is 7.17. The average Bonchev–Trinajstić information content (AvgIpc) is 2.86. The van der Waals surface area contributed by atoms with Gasteiger partial charge in [-0.1, -0.05) is 38.1 Å². The Labute approximate surface area is 140 Å². The summed E-state index contributed by atoms with van der Waals surface area (Å²) in [6.07, 6.45) is 0. The van der Waals surface area contributed by atoms with Crippen LogP contribution in [0.15, 0.2) is 29.1 Å². The van der Waals surface area contributed by atoms with Crippen molar-refractivity contribution in [3.05, 3.63) is 51.7 Å². The molecule has 1 aliphatic rings. The van der Waals surface area contributed by atoms with Crippen LogP contribution in [0.3, 0.4) is 0 Å². The number of aryl methyl sites for hydroxylation is 1. The summed E-state index contributed by atoms with van der Waals surface area (Å²) >= 11 is 0. The average molecular weight is 329 g/mol. The molecule has 3 rings (SSSR count). The van der Waals surface area contributed by atoms with E-state index in [9.17, 15) is 9.59 Å². The molecule has 2 heterocycles. The number of carbonyl (C=O) groups excluding carboxylic acids is 1. The van der Waals surface area contributed by atoms with E-state index in [1.807, 2.05) is 18.2 Å². The van der Waals surface area contributed by atoms with E-state index in [0.29, 0.717) is 37.9 Å². The van der Waals surface area contributed by atoms with Crippen LogP contribution < -0.4 is 11.0 Å². The SMILES string of the molecule is CC(C)c1ccccc1CNC(=O)N1CCn2c(nn(C)c2=O)C1. The van der Waals surface area contributed by atoms with Crippen molar-refractivity contribution in [2.45, 2.75) is 39.4 Å². The van der Waals surface area contributed by atoms with Crippen molar-refractivity contribution in [3.8, 4) is 0 Å². The third-order valence-electron chi connectivity index (χ3n) is 4.40. The number of carbonyl (C=O) groups is 1. The van der Waals surface area contributed by atoms with Gasteiger partial charge in [0.05, 0.1) is 6.54 Å². The van der Waals surface area contributed by atoms with E-state index in [-0.39, 0.29) is 11.7 Å². The van der Waals surface area contributed by atoms with Gasteiger partial charge < -0.3 is 10.2 Å². The predicted molar refractivity (Wildman–Crippen MR) is 90.6 cm³/mol. The minimum atomic E-state index is -0.129. The first-order chi connectivity index (χ1) is 11.5. The van der Waals surface area contributed by atoms with Gasteiger partial charge in [-0.2, -0.15) is 5.10 Å². The Hall–Kier alpha value is -2.57. The highest BCUT2D eigenvalue weighted by Gasteiger charge is 2.24. The molecule has 0 spiro atoms. The van der Waals surface area contributed by atoms with Crippen LogP contribution in [-0.2, 0) is 26.7 Å². The van der Waals surface area contributed by atoms with Crippen LogP contribution in [0.2, 0.25) is 0 Å². The van der Waals surface area contributed by atoms with Gasteiger partial charge in [-0.05, 0) is 17.0 Å². The summed E-state index contributed by atoms with van der Waals surface area (Å²) < 4.78 is 2.94. The fourth-order valence-corrected chi connectivity index (χ4v) is 3.08. The monoisotopic (exact) mass is 329 g/mol. The quantitative estimate of drug-likeness (QED) is 0.926. The third-order valence-corrected chi connectivity index (χ3v) is 4.40. The first-order valence-electron chi connectivity index (χ1n) is 8.20. The van der Waals surface area contributed by atoms with Crippen molar-refractivity contribution in [2.75, 3.05) is 6.54 Å². The molecule has 128 valence electrons. The molecule has 0 unspecified atom stereocenters. The molecule has 2 aromatic rings. The molecule has 0 bridgehead atoms. The van der Waals surface area contributed by atoms with Crippen LogP contribution in [0, 0.1) is 0 Å². The molecule has 7 nitrogen and oxygen atoms in total. The Morgan fingerprint density at radius 3 is 2.79 bits per heavy atom. The summed E-state index contributed by atoms with van der Waals surface area (Å²) in [7, 11) is 1.63. The van der Waals surface area contributed by atoms with E-state index in [2.05, 4.69) is 30.3 Å². The van der Waals surface area contributed by atoms with Gasteiger partial charge in [-0.25, -0.2) is 14.3 Å². The van der Waals surface area contributed by atoms with Crippen molar-refractivity contribution in [1.82, 2.24) is 24.6 Å². The second kappa shape index (κ2) is 6.51. The Balaban J connectivity index is 1.65. The highest BCUT2D eigenvalue weighted by atomic mass is 16.2. The van der Waals surface area contributed by atoms with Crippen LogP contribution in [0.25, 0.3) is 0 Å². The van der Waals surface area contributed by atoms with Crippen molar-refractivity contribution < 1.29 is 4.79 Å². The third kappa shape index (κ3) is 3.06. The number of hydrogen-bond acceptors (Lipinski definition) is 3. The Morgan fingerprint density at radius 2 is 2.04 bits per heavy atom. The van der Waals surface area contributed by atoms with E-state index in [1.54, 1.807) is 16.5 Å². The number of rotatable bonds is 3. The molecule has 0 atom stereocenters. The van der Waals surface area contributed by atoms with Crippen LogP contribution >= 0.6 is 0 Å². The number of nitrogens with zero attached hydrogens (tertiary/aromatic N) is 4. The lowest BCUT2D eigenvalue weighted by molar-refractivity contribution is 0.181. The highest BCUT2D eigenvalue weighted by molar-refractivity contribution is 5.74. The number of urea groups is 1. The molecule has 0 fully saturated rings. The predicted octanol–water partition coefficient (Wildman–Crippen LogP) is 1.43. The normalized spacial score (nSPS) is 13.9. The molecular formula is C17H23N5O2. The minimum absolute atomic E-state index is 0.127. The van der Waals surface area contributed by atoms with Gasteiger partial charge in [0.25, 0.3) is 0 Å². The lowest BCUT2D eigenvalue weighted by atomic mass is 9.97. The largest absolute Gasteiger partial charge is 0.345 e. The van der Waals surface area contributed by atoms with Crippen molar-refractivity contribution in [3.63, 3.8) is 0 Å². The number of amides is 2. The van der Waals surface area contributed by atoms with Gasteiger partial charge in [0, 0.05) is 26.7 Å². The topological polar surface area (TPSA) is 72.2 Å². The lowest BCUT2D eigenvalue weighted by Crippen LogP contribution is -2.45. The number of nitrogens with one attached hydrogen (secondary N) is 1. The van der Waals surface area contributed by atoms with E-state index < -0.39 is 0 Å².